The number of halogens is 2. The number of ether oxygens (including phenoxy) is 1. The number of amides is 5. The summed E-state index contributed by atoms with van der Waals surface area (Å²) in [5.74, 6) is -11.8. The lowest BCUT2D eigenvalue weighted by molar-refractivity contribution is -0.162. The summed E-state index contributed by atoms with van der Waals surface area (Å²) < 4.78 is 37.8. The molecule has 1 aromatic carbocycles. The number of Topliss-reactive ketones (excluding diaryl/α,β-unsaturated/α-hetero) is 1. The molecule has 5 N–H and O–H groups in total. The number of ketones is 1. The molecule has 326 valence electrons. The fraction of sp³-hybridized carbons (Fsp3) is 0.558. The number of benzene rings is 1. The molecule has 15 nitrogen and oxygen atoms in total. The van der Waals surface area contributed by atoms with Gasteiger partial charge in [-0.05, 0) is 56.7 Å². The van der Waals surface area contributed by atoms with Crippen LogP contribution in [0.3, 0.4) is 0 Å². The number of alkyl halides is 2. The van der Waals surface area contributed by atoms with Crippen LogP contribution in [0.4, 0.5) is 13.6 Å². The molecule has 5 atom stereocenters. The van der Waals surface area contributed by atoms with Crippen LogP contribution in [-0.2, 0) is 41.7 Å². The molecule has 2 heterocycles. The monoisotopic (exact) mass is 836 g/mol. The highest BCUT2D eigenvalue weighted by Gasteiger charge is 2.52. The molecule has 0 spiro atoms. The number of alkyl carbamates (subject to hydrolysis) is 1. The SMILES string of the molecule is CC[C@H](C)[C@H](NC(=O)C(F)(F)C(=O)[C@H](CC1CCCCC1)NC(=O)[C@H](CC1N=CC=N1)NC(=O)[C@H](Cc1ccccc1)NC(=O)OC(C)(C)C)C(=O)NCc1ccccn1. The van der Waals surface area contributed by atoms with Gasteiger partial charge in [0.1, 0.15) is 29.9 Å². The van der Waals surface area contributed by atoms with E-state index in [1.54, 1.807) is 83.1 Å². The molecule has 1 aliphatic carbocycles. The van der Waals surface area contributed by atoms with Crippen molar-refractivity contribution < 1.29 is 42.3 Å². The van der Waals surface area contributed by atoms with Crippen molar-refractivity contribution in [2.45, 2.75) is 141 Å². The van der Waals surface area contributed by atoms with E-state index in [-0.39, 0.29) is 31.7 Å². The van der Waals surface area contributed by atoms with E-state index in [0.29, 0.717) is 30.5 Å². The minimum Gasteiger partial charge on any atom is -0.444 e. The summed E-state index contributed by atoms with van der Waals surface area (Å²) in [5.41, 5.74) is 0.299. The number of aromatic nitrogens is 1. The summed E-state index contributed by atoms with van der Waals surface area (Å²) >= 11 is 0. The molecule has 5 amide bonds. The summed E-state index contributed by atoms with van der Waals surface area (Å²) in [5, 5.41) is 12.4. The second-order valence-corrected chi connectivity index (χ2v) is 16.4. The first-order chi connectivity index (χ1) is 28.5. The van der Waals surface area contributed by atoms with Crippen LogP contribution in [0.1, 0.15) is 97.2 Å². The van der Waals surface area contributed by atoms with Crippen LogP contribution in [0.5, 0.6) is 0 Å². The zero-order valence-corrected chi connectivity index (χ0v) is 34.9. The van der Waals surface area contributed by atoms with Crippen molar-refractivity contribution >= 4 is 47.9 Å². The predicted molar refractivity (Wildman–Crippen MR) is 221 cm³/mol. The van der Waals surface area contributed by atoms with Crippen LogP contribution >= 0.6 is 0 Å². The number of aliphatic imine (C=N–C) groups is 2. The molecule has 17 heteroatoms. The van der Waals surface area contributed by atoms with Gasteiger partial charge in [-0.1, -0.05) is 88.8 Å². The first kappa shape index (κ1) is 47.1. The van der Waals surface area contributed by atoms with Gasteiger partial charge in [0, 0.05) is 31.5 Å². The Morgan fingerprint density at radius 3 is 2.03 bits per heavy atom. The largest absolute Gasteiger partial charge is 0.444 e. The fourth-order valence-corrected chi connectivity index (χ4v) is 6.97. The smallest absolute Gasteiger partial charge is 0.408 e. The van der Waals surface area contributed by atoms with Crippen molar-refractivity contribution in [1.29, 1.82) is 0 Å². The lowest BCUT2D eigenvalue weighted by Crippen LogP contribution is -2.61. The normalized spacial score (nSPS) is 17.1. The molecular formula is C43H58F2N8O7. The van der Waals surface area contributed by atoms with Gasteiger partial charge in [-0.2, -0.15) is 8.78 Å². The maximum Gasteiger partial charge on any atom is 0.408 e. The summed E-state index contributed by atoms with van der Waals surface area (Å²) in [4.78, 5) is 94.1. The molecule has 0 unspecified atom stereocenters. The van der Waals surface area contributed by atoms with E-state index in [0.717, 1.165) is 19.3 Å². The lowest BCUT2D eigenvalue weighted by atomic mass is 9.83. The molecule has 1 fully saturated rings. The second kappa shape index (κ2) is 22.1. The minimum absolute atomic E-state index is 0.00290. The summed E-state index contributed by atoms with van der Waals surface area (Å²) in [6.45, 7) is 8.29. The highest BCUT2D eigenvalue weighted by molar-refractivity contribution is 6.17. The number of nitrogens with one attached hydrogen (secondary N) is 5. The molecule has 0 bridgehead atoms. The Morgan fingerprint density at radius 1 is 0.783 bits per heavy atom. The molecule has 0 radical (unpaired) electrons. The van der Waals surface area contributed by atoms with Crippen LogP contribution < -0.4 is 26.6 Å². The zero-order chi connectivity index (χ0) is 43.9. The molecule has 0 saturated heterocycles. The van der Waals surface area contributed by atoms with Crippen LogP contribution in [0.15, 0.2) is 64.7 Å². The van der Waals surface area contributed by atoms with Crippen LogP contribution in [0, 0.1) is 11.8 Å². The molecule has 2 aromatic rings. The molecule has 2 aliphatic rings. The lowest BCUT2D eigenvalue weighted by Gasteiger charge is -2.31. The number of hydrogen-bond donors (Lipinski definition) is 5. The fourth-order valence-electron chi connectivity index (χ4n) is 6.97. The van der Waals surface area contributed by atoms with E-state index in [2.05, 4.69) is 41.6 Å². The maximum atomic E-state index is 16.2. The van der Waals surface area contributed by atoms with Gasteiger partial charge in [0.2, 0.25) is 23.5 Å². The van der Waals surface area contributed by atoms with Crippen molar-refractivity contribution in [3.05, 3.63) is 66.0 Å². The van der Waals surface area contributed by atoms with E-state index < -0.39 is 83.3 Å². The first-order valence-electron chi connectivity index (χ1n) is 20.6. The second-order valence-electron chi connectivity index (χ2n) is 16.4. The van der Waals surface area contributed by atoms with Gasteiger partial charge in [0.05, 0.1) is 18.3 Å². The number of pyridine rings is 1. The van der Waals surface area contributed by atoms with Gasteiger partial charge >= 0.3 is 12.0 Å². The molecule has 1 aliphatic heterocycles. The number of hydrogen-bond acceptors (Lipinski definition) is 10. The third-order valence-electron chi connectivity index (χ3n) is 10.4. The molecule has 1 aromatic heterocycles. The standard InChI is InChI=1S/C43H58F2N8O7/c1-6-27(2)35(39(57)49-26-30-19-13-14-20-46-30)53-40(58)43(44,45)36(54)31(23-28-15-9-7-10-16-28)50-38(56)33(25-34-47-21-22-48-34)51-37(55)32(24-29-17-11-8-12-18-29)52-41(59)60-42(3,4)5/h8,11-14,17-22,27-28,31-35H,6-7,9-10,15-16,23-26H2,1-5H3,(H,49,57)(H,50,56)(H,51,55)(H,52,59)(H,53,58)/t27-,31-,32-,33-,35-/m0/s1. The maximum absolute atomic E-state index is 16.2. The quantitative estimate of drug-likeness (QED) is 0.121. The van der Waals surface area contributed by atoms with Gasteiger partial charge in [-0.3, -0.25) is 38.9 Å². The van der Waals surface area contributed by atoms with Gasteiger partial charge in [-0.25, -0.2) is 4.79 Å². The van der Waals surface area contributed by atoms with Gasteiger partial charge in [0.25, 0.3) is 5.91 Å². The van der Waals surface area contributed by atoms with Crippen LogP contribution in [-0.4, -0.2) is 94.8 Å². The van der Waals surface area contributed by atoms with E-state index in [9.17, 15) is 28.8 Å². The highest BCUT2D eigenvalue weighted by Crippen LogP contribution is 2.30. The molecule has 4 rings (SSSR count). The van der Waals surface area contributed by atoms with Crippen molar-refractivity contribution in [3.63, 3.8) is 0 Å². The van der Waals surface area contributed by atoms with Crippen molar-refractivity contribution in [3.8, 4) is 0 Å². The molecule has 1 saturated carbocycles. The summed E-state index contributed by atoms with van der Waals surface area (Å²) in [6.07, 6.45) is 6.32. The predicted octanol–water partition coefficient (Wildman–Crippen LogP) is 4.38. The van der Waals surface area contributed by atoms with E-state index >= 15 is 8.78 Å². The third kappa shape index (κ3) is 14.6. The highest BCUT2D eigenvalue weighted by atomic mass is 19.3. The number of carbonyl (C=O) groups excluding carboxylic acids is 6. The number of rotatable bonds is 20. The van der Waals surface area contributed by atoms with Crippen LogP contribution in [0.25, 0.3) is 0 Å². The molecular weight excluding hydrogens is 779 g/mol. The average molecular weight is 837 g/mol. The average Bonchev–Trinajstić information content (AvgIpc) is 3.74. The van der Waals surface area contributed by atoms with Crippen LogP contribution in [0.2, 0.25) is 0 Å². The van der Waals surface area contributed by atoms with Crippen molar-refractivity contribution in [2.75, 3.05) is 0 Å². The zero-order valence-electron chi connectivity index (χ0n) is 34.9. The van der Waals surface area contributed by atoms with E-state index in [4.69, 9.17) is 4.74 Å². The first-order valence-corrected chi connectivity index (χ1v) is 20.6. The Bertz CT molecular complexity index is 1820. The van der Waals surface area contributed by atoms with Crippen molar-refractivity contribution in [2.24, 2.45) is 21.8 Å². The Hall–Kier alpha value is -5.61. The number of carbonyl (C=O) groups is 6. The Morgan fingerprint density at radius 2 is 1.42 bits per heavy atom. The van der Waals surface area contributed by atoms with Gasteiger partial charge in [0.15, 0.2) is 0 Å². The topological polar surface area (TPSA) is 209 Å². The molecule has 60 heavy (non-hydrogen) atoms. The van der Waals surface area contributed by atoms with E-state index in [1.807, 2.05) is 0 Å². The Balaban J connectivity index is 1.58. The van der Waals surface area contributed by atoms with Gasteiger partial charge < -0.3 is 31.3 Å². The number of nitrogens with zero attached hydrogens (tertiary/aromatic N) is 3. The summed E-state index contributed by atoms with van der Waals surface area (Å²) in [7, 11) is 0. The van der Waals surface area contributed by atoms with E-state index in [1.165, 1.54) is 18.6 Å². The minimum atomic E-state index is -4.67. The Labute approximate surface area is 349 Å². The Kier molecular flexibility index (Phi) is 17.4. The van der Waals surface area contributed by atoms with Crippen molar-refractivity contribution in [1.82, 2.24) is 31.6 Å². The van der Waals surface area contributed by atoms with Gasteiger partial charge in [-0.15, -0.1) is 0 Å². The summed E-state index contributed by atoms with van der Waals surface area (Å²) in [6, 6.07) is 7.89. The third-order valence-corrected chi connectivity index (χ3v) is 10.4.